The SMILES string of the molecule is CCCc1ccc(O)cc1-c1ccccc1Cc1cc(Cc2ccccc2)ccc1O. The van der Waals surface area contributed by atoms with E-state index < -0.39 is 0 Å². The normalized spacial score (nSPS) is 10.9. The molecule has 31 heavy (non-hydrogen) atoms. The summed E-state index contributed by atoms with van der Waals surface area (Å²) in [6.07, 6.45) is 3.47. The van der Waals surface area contributed by atoms with Gasteiger partial charge in [-0.05, 0) is 70.0 Å². The number of phenols is 2. The molecular formula is C29H28O2. The lowest BCUT2D eigenvalue weighted by Crippen LogP contribution is -1.97. The van der Waals surface area contributed by atoms with Crippen molar-refractivity contribution in [1.82, 2.24) is 0 Å². The van der Waals surface area contributed by atoms with Crippen LogP contribution in [-0.2, 0) is 19.3 Å². The number of benzene rings is 4. The third kappa shape index (κ3) is 4.97. The summed E-state index contributed by atoms with van der Waals surface area (Å²) in [4.78, 5) is 0. The Morgan fingerprint density at radius 3 is 2.16 bits per heavy atom. The highest BCUT2D eigenvalue weighted by molar-refractivity contribution is 5.72. The second kappa shape index (κ2) is 9.53. The van der Waals surface area contributed by atoms with Gasteiger partial charge in [0.25, 0.3) is 0 Å². The summed E-state index contributed by atoms with van der Waals surface area (Å²) >= 11 is 0. The summed E-state index contributed by atoms with van der Waals surface area (Å²) in [6, 6.07) is 30.2. The predicted molar refractivity (Wildman–Crippen MR) is 128 cm³/mol. The van der Waals surface area contributed by atoms with Crippen LogP contribution in [0.4, 0.5) is 0 Å². The van der Waals surface area contributed by atoms with Crippen LogP contribution in [0.3, 0.4) is 0 Å². The molecule has 0 aliphatic carbocycles. The summed E-state index contributed by atoms with van der Waals surface area (Å²) in [5.41, 5.74) is 7.89. The van der Waals surface area contributed by atoms with E-state index in [-0.39, 0.29) is 5.75 Å². The van der Waals surface area contributed by atoms with E-state index in [1.807, 2.05) is 36.4 Å². The van der Waals surface area contributed by atoms with Gasteiger partial charge in [-0.1, -0.05) is 86.1 Å². The molecule has 2 N–H and O–H groups in total. The number of aryl methyl sites for hydroxylation is 1. The van der Waals surface area contributed by atoms with E-state index in [1.54, 1.807) is 12.1 Å². The minimum atomic E-state index is 0.275. The molecule has 0 saturated carbocycles. The molecule has 0 spiro atoms. The molecule has 0 aliphatic heterocycles. The van der Waals surface area contributed by atoms with Crippen molar-refractivity contribution in [3.63, 3.8) is 0 Å². The maximum Gasteiger partial charge on any atom is 0.119 e. The molecule has 0 unspecified atom stereocenters. The monoisotopic (exact) mass is 408 g/mol. The maximum absolute atomic E-state index is 10.6. The smallest absolute Gasteiger partial charge is 0.119 e. The molecule has 156 valence electrons. The summed E-state index contributed by atoms with van der Waals surface area (Å²) < 4.78 is 0. The van der Waals surface area contributed by atoms with Crippen molar-refractivity contribution in [3.8, 4) is 22.6 Å². The van der Waals surface area contributed by atoms with Crippen molar-refractivity contribution in [2.75, 3.05) is 0 Å². The fourth-order valence-electron chi connectivity index (χ4n) is 4.17. The van der Waals surface area contributed by atoms with Crippen molar-refractivity contribution < 1.29 is 10.2 Å². The molecule has 2 heteroatoms. The van der Waals surface area contributed by atoms with Crippen molar-refractivity contribution in [1.29, 1.82) is 0 Å². The van der Waals surface area contributed by atoms with Gasteiger partial charge in [0.15, 0.2) is 0 Å². The molecule has 2 nitrogen and oxygen atoms in total. The van der Waals surface area contributed by atoms with Crippen molar-refractivity contribution >= 4 is 0 Å². The molecular weight excluding hydrogens is 380 g/mol. The molecule has 0 atom stereocenters. The quantitative estimate of drug-likeness (QED) is 0.349. The summed E-state index contributed by atoms with van der Waals surface area (Å²) in [5.74, 6) is 0.591. The Morgan fingerprint density at radius 2 is 1.35 bits per heavy atom. The van der Waals surface area contributed by atoms with E-state index in [2.05, 4.69) is 49.4 Å². The molecule has 0 amide bonds. The first kappa shape index (κ1) is 20.7. The van der Waals surface area contributed by atoms with Gasteiger partial charge in [0.1, 0.15) is 11.5 Å². The van der Waals surface area contributed by atoms with Crippen molar-refractivity contribution in [3.05, 3.63) is 119 Å². The van der Waals surface area contributed by atoms with E-state index in [1.165, 1.54) is 16.7 Å². The van der Waals surface area contributed by atoms with Crippen LogP contribution in [0.5, 0.6) is 11.5 Å². The molecule has 4 aromatic rings. The Morgan fingerprint density at radius 1 is 0.581 bits per heavy atom. The van der Waals surface area contributed by atoms with E-state index >= 15 is 0 Å². The molecule has 0 saturated heterocycles. The van der Waals surface area contributed by atoms with Crippen molar-refractivity contribution in [2.45, 2.75) is 32.6 Å². The van der Waals surface area contributed by atoms with Gasteiger partial charge in [-0.25, -0.2) is 0 Å². The number of rotatable bonds is 7. The molecule has 0 fully saturated rings. The summed E-state index contributed by atoms with van der Waals surface area (Å²) in [7, 11) is 0. The number of hydrogen-bond acceptors (Lipinski definition) is 2. The fraction of sp³-hybridized carbons (Fsp3) is 0.172. The third-order valence-electron chi connectivity index (χ3n) is 5.70. The Kier molecular flexibility index (Phi) is 6.37. The Balaban J connectivity index is 1.69. The minimum absolute atomic E-state index is 0.275. The number of hydrogen-bond donors (Lipinski definition) is 2. The molecule has 0 heterocycles. The highest BCUT2D eigenvalue weighted by Crippen LogP contribution is 2.33. The maximum atomic E-state index is 10.6. The van der Waals surface area contributed by atoms with Crippen LogP contribution in [0.15, 0.2) is 91.0 Å². The van der Waals surface area contributed by atoms with Crippen LogP contribution < -0.4 is 0 Å². The molecule has 0 aromatic heterocycles. The van der Waals surface area contributed by atoms with E-state index in [0.29, 0.717) is 12.2 Å². The first-order valence-corrected chi connectivity index (χ1v) is 10.9. The lowest BCUT2D eigenvalue weighted by Gasteiger charge is -2.15. The summed E-state index contributed by atoms with van der Waals surface area (Å²) in [5, 5.41) is 20.7. The van der Waals surface area contributed by atoms with Gasteiger partial charge in [0, 0.05) is 6.42 Å². The third-order valence-corrected chi connectivity index (χ3v) is 5.70. The van der Waals surface area contributed by atoms with Gasteiger partial charge in [-0.15, -0.1) is 0 Å². The van der Waals surface area contributed by atoms with Crippen molar-refractivity contribution in [2.24, 2.45) is 0 Å². The first-order valence-electron chi connectivity index (χ1n) is 10.9. The van der Waals surface area contributed by atoms with Crippen LogP contribution in [0.2, 0.25) is 0 Å². The molecule has 0 radical (unpaired) electrons. The molecule has 4 rings (SSSR count). The molecule has 0 bridgehead atoms. The van der Waals surface area contributed by atoms with Crippen LogP contribution >= 0.6 is 0 Å². The summed E-state index contributed by atoms with van der Waals surface area (Å²) in [6.45, 7) is 2.17. The Bertz CT molecular complexity index is 1160. The van der Waals surface area contributed by atoms with Gasteiger partial charge < -0.3 is 10.2 Å². The van der Waals surface area contributed by atoms with Gasteiger partial charge in [-0.2, -0.15) is 0 Å². The van der Waals surface area contributed by atoms with E-state index in [4.69, 9.17) is 0 Å². The van der Waals surface area contributed by atoms with Gasteiger partial charge >= 0.3 is 0 Å². The zero-order valence-electron chi connectivity index (χ0n) is 17.9. The average molecular weight is 409 g/mol. The Labute approximate surface area is 184 Å². The lowest BCUT2D eigenvalue weighted by atomic mass is 9.90. The minimum Gasteiger partial charge on any atom is -0.508 e. The largest absolute Gasteiger partial charge is 0.508 e. The highest BCUT2D eigenvalue weighted by atomic mass is 16.3. The standard InChI is InChI=1S/C29H28O2/c1-2-8-23-14-15-26(30)20-28(23)27-12-7-6-11-24(27)19-25-18-22(13-16-29(25)31)17-21-9-4-3-5-10-21/h3-7,9-16,18,20,30-31H,2,8,17,19H2,1H3. The van der Waals surface area contributed by atoms with Crippen LogP contribution in [-0.4, -0.2) is 10.2 Å². The topological polar surface area (TPSA) is 40.5 Å². The molecule has 0 aliphatic rings. The van der Waals surface area contributed by atoms with E-state index in [9.17, 15) is 10.2 Å². The second-order valence-electron chi connectivity index (χ2n) is 8.05. The zero-order chi connectivity index (χ0) is 21.6. The molecule has 4 aromatic carbocycles. The number of aromatic hydroxyl groups is 2. The van der Waals surface area contributed by atoms with Crippen LogP contribution in [0, 0.1) is 0 Å². The average Bonchev–Trinajstić information content (AvgIpc) is 2.78. The first-order chi connectivity index (χ1) is 15.1. The zero-order valence-corrected chi connectivity index (χ0v) is 17.9. The fourth-order valence-corrected chi connectivity index (χ4v) is 4.17. The van der Waals surface area contributed by atoms with Crippen LogP contribution in [0.25, 0.3) is 11.1 Å². The van der Waals surface area contributed by atoms with Gasteiger partial charge in [0.2, 0.25) is 0 Å². The second-order valence-corrected chi connectivity index (χ2v) is 8.05. The van der Waals surface area contributed by atoms with Crippen LogP contribution in [0.1, 0.15) is 41.2 Å². The number of phenolic OH excluding ortho intramolecular Hbond substituents is 2. The van der Waals surface area contributed by atoms with E-state index in [0.717, 1.165) is 41.5 Å². The van der Waals surface area contributed by atoms with Gasteiger partial charge in [-0.3, -0.25) is 0 Å². The lowest BCUT2D eigenvalue weighted by molar-refractivity contribution is 0.469. The Hall–Kier alpha value is -3.52. The predicted octanol–water partition coefficient (Wildman–Crippen LogP) is 6.90. The van der Waals surface area contributed by atoms with Gasteiger partial charge in [0.05, 0.1) is 0 Å². The highest BCUT2D eigenvalue weighted by Gasteiger charge is 2.13.